The summed E-state index contributed by atoms with van der Waals surface area (Å²) in [5.74, 6) is 1.45. The van der Waals surface area contributed by atoms with Crippen LogP contribution in [0.25, 0.3) is 5.57 Å². The van der Waals surface area contributed by atoms with E-state index in [1.165, 1.54) is 11.1 Å². The van der Waals surface area contributed by atoms with E-state index >= 15 is 0 Å². The summed E-state index contributed by atoms with van der Waals surface area (Å²) in [5, 5.41) is 0. The molecule has 0 N–H and O–H groups in total. The summed E-state index contributed by atoms with van der Waals surface area (Å²) < 4.78 is 10.8. The van der Waals surface area contributed by atoms with Crippen LogP contribution >= 0.6 is 0 Å². The van der Waals surface area contributed by atoms with Crippen LogP contribution in [0.2, 0.25) is 0 Å². The molecule has 5 nitrogen and oxygen atoms in total. The van der Waals surface area contributed by atoms with E-state index in [2.05, 4.69) is 35.2 Å². The van der Waals surface area contributed by atoms with Crippen molar-refractivity contribution in [3.05, 3.63) is 65.7 Å². The fraction of sp³-hybridized carbons (Fsp3) is 0.348. The lowest BCUT2D eigenvalue weighted by atomic mass is 9.99. The highest BCUT2D eigenvalue weighted by molar-refractivity contribution is 5.78. The standard InChI is InChI=1S/C23H28N2O3/c1-24(16-20-10-7-11-21(27-2)23(20)28-3)22(26)17-25-14-12-19(13-15-25)18-8-5-4-6-9-18/h4-12H,13-17H2,1-3H3. The molecule has 1 heterocycles. The summed E-state index contributed by atoms with van der Waals surface area (Å²) >= 11 is 0. The number of hydrogen-bond acceptors (Lipinski definition) is 4. The van der Waals surface area contributed by atoms with Crippen molar-refractivity contribution in [2.75, 3.05) is 40.9 Å². The first-order valence-corrected chi connectivity index (χ1v) is 9.53. The smallest absolute Gasteiger partial charge is 0.236 e. The van der Waals surface area contributed by atoms with Gasteiger partial charge in [-0.2, -0.15) is 0 Å². The maximum atomic E-state index is 12.7. The van der Waals surface area contributed by atoms with Crippen molar-refractivity contribution in [3.8, 4) is 11.5 Å². The van der Waals surface area contributed by atoms with Crippen LogP contribution in [0.1, 0.15) is 17.5 Å². The molecule has 0 atom stereocenters. The van der Waals surface area contributed by atoms with Crippen LogP contribution in [0, 0.1) is 0 Å². The zero-order valence-corrected chi connectivity index (χ0v) is 16.9. The summed E-state index contributed by atoms with van der Waals surface area (Å²) in [6.45, 7) is 2.59. The first-order chi connectivity index (χ1) is 13.6. The van der Waals surface area contributed by atoms with Crippen LogP contribution < -0.4 is 9.47 Å². The van der Waals surface area contributed by atoms with Crippen LogP contribution in [-0.2, 0) is 11.3 Å². The Kier molecular flexibility index (Phi) is 6.71. The van der Waals surface area contributed by atoms with E-state index < -0.39 is 0 Å². The van der Waals surface area contributed by atoms with E-state index in [0.717, 1.165) is 25.1 Å². The minimum absolute atomic E-state index is 0.0986. The van der Waals surface area contributed by atoms with Crippen LogP contribution in [0.5, 0.6) is 11.5 Å². The Labute approximate surface area is 167 Å². The Morgan fingerprint density at radius 2 is 1.86 bits per heavy atom. The number of likely N-dealkylation sites (N-methyl/N-ethyl adjacent to an activating group) is 1. The van der Waals surface area contributed by atoms with Crippen LogP contribution in [0.3, 0.4) is 0 Å². The molecule has 28 heavy (non-hydrogen) atoms. The zero-order valence-electron chi connectivity index (χ0n) is 16.9. The molecule has 148 valence electrons. The van der Waals surface area contributed by atoms with E-state index in [0.29, 0.717) is 24.6 Å². The monoisotopic (exact) mass is 380 g/mol. The number of methoxy groups -OCH3 is 2. The van der Waals surface area contributed by atoms with Gasteiger partial charge in [0.15, 0.2) is 11.5 Å². The minimum atomic E-state index is 0.0986. The van der Waals surface area contributed by atoms with Gasteiger partial charge in [0, 0.05) is 32.2 Å². The molecule has 0 unspecified atom stereocenters. The predicted octanol–water partition coefficient (Wildman–Crippen LogP) is 3.45. The normalized spacial score (nSPS) is 14.3. The van der Waals surface area contributed by atoms with E-state index in [4.69, 9.17) is 9.47 Å². The second-order valence-corrected chi connectivity index (χ2v) is 6.98. The number of carbonyl (C=O) groups excluding carboxylic acids is 1. The summed E-state index contributed by atoms with van der Waals surface area (Å²) in [6, 6.07) is 16.2. The molecule has 2 aromatic carbocycles. The molecule has 1 aliphatic rings. The Bertz CT molecular complexity index is 833. The van der Waals surface area contributed by atoms with Crippen molar-refractivity contribution >= 4 is 11.5 Å². The van der Waals surface area contributed by atoms with Crippen molar-refractivity contribution < 1.29 is 14.3 Å². The van der Waals surface area contributed by atoms with Gasteiger partial charge in [0.05, 0.1) is 20.8 Å². The fourth-order valence-electron chi connectivity index (χ4n) is 3.50. The fourth-order valence-corrected chi connectivity index (χ4v) is 3.50. The van der Waals surface area contributed by atoms with Gasteiger partial charge in [-0.25, -0.2) is 0 Å². The van der Waals surface area contributed by atoms with Crippen molar-refractivity contribution in [2.45, 2.75) is 13.0 Å². The van der Waals surface area contributed by atoms with Gasteiger partial charge in [0.1, 0.15) is 0 Å². The number of para-hydroxylation sites is 1. The van der Waals surface area contributed by atoms with Crippen LogP contribution in [0.15, 0.2) is 54.6 Å². The Morgan fingerprint density at radius 3 is 2.50 bits per heavy atom. The molecule has 1 aliphatic heterocycles. The largest absolute Gasteiger partial charge is 0.493 e. The Balaban J connectivity index is 1.58. The molecule has 0 spiro atoms. The minimum Gasteiger partial charge on any atom is -0.493 e. The number of hydrogen-bond donors (Lipinski definition) is 0. The van der Waals surface area contributed by atoms with E-state index in [1.807, 2.05) is 31.3 Å². The Hall–Kier alpha value is -2.79. The maximum absolute atomic E-state index is 12.7. The van der Waals surface area contributed by atoms with Gasteiger partial charge in [-0.3, -0.25) is 9.69 Å². The summed E-state index contributed by atoms with van der Waals surface area (Å²) in [7, 11) is 5.06. The molecule has 0 saturated carbocycles. The van der Waals surface area contributed by atoms with Crippen molar-refractivity contribution in [1.82, 2.24) is 9.80 Å². The Morgan fingerprint density at radius 1 is 1.07 bits per heavy atom. The molecule has 0 saturated heterocycles. The highest BCUT2D eigenvalue weighted by atomic mass is 16.5. The SMILES string of the molecule is COc1cccc(CN(C)C(=O)CN2CC=C(c3ccccc3)CC2)c1OC. The van der Waals surface area contributed by atoms with Gasteiger partial charge in [-0.15, -0.1) is 0 Å². The summed E-state index contributed by atoms with van der Waals surface area (Å²) in [5.41, 5.74) is 3.57. The van der Waals surface area contributed by atoms with Gasteiger partial charge < -0.3 is 14.4 Å². The maximum Gasteiger partial charge on any atom is 0.236 e. The third-order valence-corrected chi connectivity index (χ3v) is 5.11. The van der Waals surface area contributed by atoms with Gasteiger partial charge >= 0.3 is 0 Å². The number of amides is 1. The van der Waals surface area contributed by atoms with Crippen LogP contribution in [0.4, 0.5) is 0 Å². The van der Waals surface area contributed by atoms with Crippen molar-refractivity contribution in [3.63, 3.8) is 0 Å². The molecular weight excluding hydrogens is 352 g/mol. The van der Waals surface area contributed by atoms with E-state index in [1.54, 1.807) is 19.1 Å². The van der Waals surface area contributed by atoms with E-state index in [-0.39, 0.29) is 5.91 Å². The van der Waals surface area contributed by atoms with Gasteiger partial charge in [0.2, 0.25) is 5.91 Å². The lowest BCUT2D eigenvalue weighted by Crippen LogP contribution is -2.39. The molecule has 5 heteroatoms. The second kappa shape index (κ2) is 9.42. The molecule has 0 fully saturated rings. The molecule has 0 bridgehead atoms. The van der Waals surface area contributed by atoms with Crippen molar-refractivity contribution in [1.29, 1.82) is 0 Å². The molecular formula is C23H28N2O3. The number of ether oxygens (including phenoxy) is 2. The molecule has 1 amide bonds. The molecule has 2 aromatic rings. The predicted molar refractivity (Wildman–Crippen MR) is 111 cm³/mol. The first-order valence-electron chi connectivity index (χ1n) is 9.53. The molecule has 0 aliphatic carbocycles. The molecule has 0 aromatic heterocycles. The molecule has 0 radical (unpaired) electrons. The average Bonchev–Trinajstić information content (AvgIpc) is 2.74. The van der Waals surface area contributed by atoms with Crippen LogP contribution in [-0.4, -0.2) is 56.6 Å². The van der Waals surface area contributed by atoms with E-state index in [9.17, 15) is 4.79 Å². The zero-order chi connectivity index (χ0) is 19.9. The number of nitrogens with zero attached hydrogens (tertiary/aromatic N) is 2. The van der Waals surface area contributed by atoms with Gasteiger partial charge in [0.25, 0.3) is 0 Å². The van der Waals surface area contributed by atoms with Gasteiger partial charge in [-0.05, 0) is 23.6 Å². The lowest BCUT2D eigenvalue weighted by Gasteiger charge is -2.28. The first kappa shape index (κ1) is 20.0. The lowest BCUT2D eigenvalue weighted by molar-refractivity contribution is -0.131. The second-order valence-electron chi connectivity index (χ2n) is 6.98. The van der Waals surface area contributed by atoms with Gasteiger partial charge in [-0.1, -0.05) is 48.5 Å². The summed E-state index contributed by atoms with van der Waals surface area (Å²) in [4.78, 5) is 16.6. The van der Waals surface area contributed by atoms with Crippen molar-refractivity contribution in [2.24, 2.45) is 0 Å². The molecule has 3 rings (SSSR count). The third kappa shape index (κ3) is 4.73. The number of carbonyl (C=O) groups is 1. The topological polar surface area (TPSA) is 42.0 Å². The average molecular weight is 380 g/mol. The number of rotatable bonds is 7. The highest BCUT2D eigenvalue weighted by Crippen LogP contribution is 2.31. The quantitative estimate of drug-likeness (QED) is 0.738. The third-order valence-electron chi connectivity index (χ3n) is 5.11. The number of benzene rings is 2. The highest BCUT2D eigenvalue weighted by Gasteiger charge is 2.19. The summed E-state index contributed by atoms with van der Waals surface area (Å²) in [6.07, 6.45) is 3.20.